The van der Waals surface area contributed by atoms with Crippen molar-refractivity contribution < 1.29 is 4.79 Å². The lowest BCUT2D eigenvalue weighted by Gasteiger charge is -2.27. The van der Waals surface area contributed by atoms with Crippen LogP contribution in [0.2, 0.25) is 0 Å². The zero-order valence-corrected chi connectivity index (χ0v) is 17.8. The van der Waals surface area contributed by atoms with E-state index in [0.29, 0.717) is 23.7 Å². The van der Waals surface area contributed by atoms with Gasteiger partial charge >= 0.3 is 5.69 Å². The van der Waals surface area contributed by atoms with Crippen LogP contribution in [0.4, 0.5) is 16.5 Å². The Morgan fingerprint density at radius 1 is 1.34 bits per heavy atom. The molecule has 0 spiro atoms. The van der Waals surface area contributed by atoms with Gasteiger partial charge in [-0.2, -0.15) is 5.26 Å². The predicted octanol–water partition coefficient (Wildman–Crippen LogP) is 1.81. The zero-order valence-electron chi connectivity index (χ0n) is 17.0. The van der Waals surface area contributed by atoms with Gasteiger partial charge in [-0.15, -0.1) is 11.3 Å². The minimum absolute atomic E-state index is 0.0368. The van der Waals surface area contributed by atoms with Crippen molar-refractivity contribution in [3.05, 3.63) is 37.8 Å². The van der Waals surface area contributed by atoms with Gasteiger partial charge < -0.3 is 16.0 Å². The fourth-order valence-electron chi connectivity index (χ4n) is 2.94. The summed E-state index contributed by atoms with van der Waals surface area (Å²) in [6, 6.07) is 3.64. The van der Waals surface area contributed by atoms with E-state index in [2.05, 4.69) is 10.3 Å². The number of rotatable bonds is 8. The number of hydrogen-bond donors (Lipinski definition) is 3. The molecule has 0 saturated carbocycles. The van der Waals surface area contributed by atoms with Gasteiger partial charge in [0, 0.05) is 13.1 Å². The molecule has 0 unspecified atom stereocenters. The van der Waals surface area contributed by atoms with Crippen molar-refractivity contribution in [3.63, 3.8) is 0 Å². The smallest absolute Gasteiger partial charge is 0.330 e. The number of carbonyl (C=O) groups excluding carboxylic acids is 1. The molecule has 0 aliphatic carbocycles. The molecule has 29 heavy (non-hydrogen) atoms. The van der Waals surface area contributed by atoms with E-state index in [0.717, 1.165) is 0 Å². The standard InChI is InChI=1S/C19H26N6O3S/c1-11(2)8-24(10-14(26)22-18-13(7-20)5-6-29-18)15-16(21)25(9-12(3)4)19(28)23-17(15)27/h5-6,11-12H,8-10,21H2,1-4H3,(H,22,26)(H,23,27,28). The van der Waals surface area contributed by atoms with Gasteiger partial charge in [0.1, 0.15) is 22.6 Å². The maximum Gasteiger partial charge on any atom is 0.330 e. The molecule has 4 N–H and O–H groups in total. The average Bonchev–Trinajstić information content (AvgIpc) is 3.04. The topological polar surface area (TPSA) is 137 Å². The molecule has 0 saturated heterocycles. The van der Waals surface area contributed by atoms with Crippen molar-refractivity contribution >= 4 is 33.8 Å². The molecule has 0 radical (unpaired) electrons. The number of thiophene rings is 1. The first kappa shape index (κ1) is 22.2. The molecule has 2 rings (SSSR count). The van der Waals surface area contributed by atoms with Gasteiger partial charge in [0.25, 0.3) is 5.56 Å². The number of nitriles is 1. The minimum atomic E-state index is -0.630. The summed E-state index contributed by atoms with van der Waals surface area (Å²) in [5, 5.41) is 14.0. The van der Waals surface area contributed by atoms with Crippen LogP contribution >= 0.6 is 11.3 Å². The number of aromatic nitrogens is 2. The number of nitrogen functional groups attached to an aromatic ring is 1. The maximum atomic E-state index is 12.6. The van der Waals surface area contributed by atoms with Crippen LogP contribution in [0, 0.1) is 23.2 Å². The molecule has 10 heteroatoms. The highest BCUT2D eigenvalue weighted by atomic mass is 32.1. The third kappa shape index (κ3) is 5.48. The van der Waals surface area contributed by atoms with Gasteiger partial charge in [0.15, 0.2) is 0 Å². The van der Waals surface area contributed by atoms with Crippen LogP contribution in [-0.4, -0.2) is 28.5 Å². The summed E-state index contributed by atoms with van der Waals surface area (Å²) in [4.78, 5) is 41.2. The van der Waals surface area contributed by atoms with Crippen molar-refractivity contribution in [3.8, 4) is 6.07 Å². The number of aromatic amines is 1. The Bertz CT molecular complexity index is 1030. The van der Waals surface area contributed by atoms with Crippen LogP contribution in [-0.2, 0) is 11.3 Å². The normalized spacial score (nSPS) is 10.9. The molecular formula is C19H26N6O3S. The average molecular weight is 419 g/mol. The Hall–Kier alpha value is -3.06. The van der Waals surface area contributed by atoms with Gasteiger partial charge in [0.05, 0.1) is 12.1 Å². The Kier molecular flexibility index (Phi) is 7.23. The largest absolute Gasteiger partial charge is 0.383 e. The van der Waals surface area contributed by atoms with Gasteiger partial charge in [0.2, 0.25) is 5.91 Å². The number of hydrogen-bond acceptors (Lipinski definition) is 7. The summed E-state index contributed by atoms with van der Waals surface area (Å²) < 4.78 is 1.32. The summed E-state index contributed by atoms with van der Waals surface area (Å²) in [5.74, 6) is -0.0814. The number of H-pyrrole nitrogens is 1. The van der Waals surface area contributed by atoms with Gasteiger partial charge in [-0.3, -0.25) is 19.1 Å². The van der Waals surface area contributed by atoms with Crippen molar-refractivity contribution in [1.29, 1.82) is 5.26 Å². The van der Waals surface area contributed by atoms with Crippen molar-refractivity contribution in [1.82, 2.24) is 9.55 Å². The lowest BCUT2D eigenvalue weighted by Crippen LogP contribution is -2.43. The van der Waals surface area contributed by atoms with Crippen molar-refractivity contribution in [2.24, 2.45) is 11.8 Å². The minimum Gasteiger partial charge on any atom is -0.383 e. The summed E-state index contributed by atoms with van der Waals surface area (Å²) in [7, 11) is 0. The first-order valence-electron chi connectivity index (χ1n) is 9.29. The van der Waals surface area contributed by atoms with Crippen molar-refractivity contribution in [2.45, 2.75) is 34.2 Å². The predicted molar refractivity (Wildman–Crippen MR) is 115 cm³/mol. The molecule has 0 atom stereocenters. The number of nitrogens with zero attached hydrogens (tertiary/aromatic N) is 3. The summed E-state index contributed by atoms with van der Waals surface area (Å²) in [6.45, 7) is 8.35. The van der Waals surface area contributed by atoms with Crippen LogP contribution in [0.25, 0.3) is 0 Å². The van der Waals surface area contributed by atoms with Crippen LogP contribution in [0.15, 0.2) is 21.0 Å². The number of nitrogens with two attached hydrogens (primary N) is 1. The quantitative estimate of drug-likeness (QED) is 0.598. The molecule has 9 nitrogen and oxygen atoms in total. The Morgan fingerprint density at radius 3 is 2.62 bits per heavy atom. The fourth-order valence-corrected chi connectivity index (χ4v) is 3.69. The number of nitrogens with one attached hydrogen (secondary N) is 2. The second-order valence-corrected chi connectivity index (χ2v) is 8.51. The number of carbonyl (C=O) groups is 1. The number of anilines is 3. The highest BCUT2D eigenvalue weighted by molar-refractivity contribution is 7.14. The number of amides is 1. The first-order valence-corrected chi connectivity index (χ1v) is 10.2. The van der Waals surface area contributed by atoms with E-state index >= 15 is 0 Å². The van der Waals surface area contributed by atoms with Crippen LogP contribution in [0.3, 0.4) is 0 Å². The van der Waals surface area contributed by atoms with Crippen LogP contribution in [0.1, 0.15) is 33.3 Å². The van der Waals surface area contributed by atoms with Crippen LogP contribution < -0.4 is 27.2 Å². The van der Waals surface area contributed by atoms with Crippen molar-refractivity contribution in [2.75, 3.05) is 29.0 Å². The molecule has 0 bridgehead atoms. The second kappa shape index (κ2) is 9.43. The molecular weight excluding hydrogens is 392 g/mol. The molecule has 0 aliphatic rings. The fraction of sp³-hybridized carbons (Fsp3) is 0.474. The van der Waals surface area contributed by atoms with Crippen LogP contribution in [0.5, 0.6) is 0 Å². The van der Waals surface area contributed by atoms with Gasteiger partial charge in [-0.1, -0.05) is 27.7 Å². The van der Waals surface area contributed by atoms with Gasteiger partial charge in [-0.05, 0) is 23.3 Å². The molecule has 0 fully saturated rings. The SMILES string of the molecule is CC(C)CN(CC(=O)Nc1sccc1C#N)c1c(N)n(CC(C)C)c(=O)[nH]c1=O. The Balaban J connectivity index is 2.40. The van der Waals surface area contributed by atoms with E-state index in [1.807, 2.05) is 33.8 Å². The molecule has 0 aromatic carbocycles. The highest BCUT2D eigenvalue weighted by Crippen LogP contribution is 2.23. The zero-order chi connectivity index (χ0) is 21.7. The third-order valence-electron chi connectivity index (χ3n) is 4.04. The monoisotopic (exact) mass is 418 g/mol. The second-order valence-electron chi connectivity index (χ2n) is 7.60. The molecule has 1 amide bonds. The summed E-state index contributed by atoms with van der Waals surface area (Å²) in [6.07, 6.45) is 0. The molecule has 2 heterocycles. The summed E-state index contributed by atoms with van der Waals surface area (Å²) in [5.41, 5.74) is 5.47. The van der Waals surface area contributed by atoms with E-state index in [1.165, 1.54) is 15.9 Å². The van der Waals surface area contributed by atoms with E-state index < -0.39 is 11.2 Å². The Morgan fingerprint density at radius 2 is 2.03 bits per heavy atom. The van der Waals surface area contributed by atoms with E-state index in [-0.39, 0.29) is 35.8 Å². The highest BCUT2D eigenvalue weighted by Gasteiger charge is 2.22. The van der Waals surface area contributed by atoms with E-state index in [9.17, 15) is 14.4 Å². The lowest BCUT2D eigenvalue weighted by molar-refractivity contribution is -0.115. The maximum absolute atomic E-state index is 12.6. The lowest BCUT2D eigenvalue weighted by atomic mass is 10.2. The van der Waals surface area contributed by atoms with E-state index in [4.69, 9.17) is 11.0 Å². The Labute approximate surface area is 172 Å². The molecule has 2 aromatic rings. The molecule has 156 valence electrons. The summed E-state index contributed by atoms with van der Waals surface area (Å²) >= 11 is 1.25. The van der Waals surface area contributed by atoms with E-state index in [1.54, 1.807) is 16.3 Å². The molecule has 0 aliphatic heterocycles. The van der Waals surface area contributed by atoms with Gasteiger partial charge in [-0.25, -0.2) is 4.79 Å². The third-order valence-corrected chi connectivity index (χ3v) is 4.87. The first-order chi connectivity index (χ1) is 13.6. The molecule has 2 aromatic heterocycles.